The second-order valence-electron chi connectivity index (χ2n) is 3.68. The lowest BCUT2D eigenvalue weighted by Crippen LogP contribution is -2.57. The summed E-state index contributed by atoms with van der Waals surface area (Å²) in [6.45, 7) is 0.840. The Morgan fingerprint density at radius 3 is 2.71 bits per heavy atom. The van der Waals surface area contributed by atoms with Gasteiger partial charge in [0.1, 0.15) is 6.61 Å². The van der Waals surface area contributed by atoms with Crippen LogP contribution in [-0.2, 0) is 9.53 Å². The van der Waals surface area contributed by atoms with E-state index in [2.05, 4.69) is 5.32 Å². The number of carbonyl (C=O) groups is 1. The largest absolute Gasteiger partial charge is 0.394 e. The third-order valence-electron chi connectivity index (χ3n) is 2.51. The SMILES string of the molecule is NCCOCC(=O)NC1(CO)CCC1. The molecule has 0 spiro atoms. The van der Waals surface area contributed by atoms with Crippen LogP contribution in [0.3, 0.4) is 0 Å². The van der Waals surface area contributed by atoms with Gasteiger partial charge in [0.2, 0.25) is 5.91 Å². The van der Waals surface area contributed by atoms with E-state index in [1.165, 1.54) is 0 Å². The highest BCUT2D eigenvalue weighted by Gasteiger charge is 2.37. The van der Waals surface area contributed by atoms with Crippen LogP contribution in [-0.4, -0.2) is 42.9 Å². The number of carbonyl (C=O) groups excluding carboxylic acids is 1. The first kappa shape index (κ1) is 11.4. The second-order valence-corrected chi connectivity index (χ2v) is 3.68. The molecule has 1 saturated carbocycles. The van der Waals surface area contributed by atoms with Gasteiger partial charge in [-0.1, -0.05) is 0 Å². The van der Waals surface area contributed by atoms with Crippen molar-refractivity contribution >= 4 is 5.91 Å². The van der Waals surface area contributed by atoms with Gasteiger partial charge in [-0.15, -0.1) is 0 Å². The van der Waals surface area contributed by atoms with E-state index in [0.717, 1.165) is 19.3 Å². The minimum atomic E-state index is -0.372. The number of hydrogen-bond acceptors (Lipinski definition) is 4. The van der Waals surface area contributed by atoms with Crippen LogP contribution in [0.25, 0.3) is 0 Å². The predicted molar refractivity (Wildman–Crippen MR) is 51.7 cm³/mol. The number of amides is 1. The van der Waals surface area contributed by atoms with Crippen LogP contribution in [0, 0.1) is 0 Å². The fraction of sp³-hybridized carbons (Fsp3) is 0.889. The molecule has 82 valence electrons. The zero-order chi connectivity index (χ0) is 10.4. The lowest BCUT2D eigenvalue weighted by molar-refractivity contribution is -0.129. The molecule has 1 amide bonds. The molecule has 1 aliphatic carbocycles. The highest BCUT2D eigenvalue weighted by Crippen LogP contribution is 2.30. The second kappa shape index (κ2) is 5.29. The number of ether oxygens (including phenoxy) is 1. The normalized spacial score (nSPS) is 18.7. The molecule has 0 unspecified atom stereocenters. The van der Waals surface area contributed by atoms with Crippen LogP contribution < -0.4 is 11.1 Å². The van der Waals surface area contributed by atoms with E-state index < -0.39 is 0 Å². The molecule has 0 heterocycles. The molecule has 14 heavy (non-hydrogen) atoms. The molecule has 0 radical (unpaired) electrons. The molecule has 1 rings (SSSR count). The predicted octanol–water partition coefficient (Wildman–Crippen LogP) is -1.01. The zero-order valence-corrected chi connectivity index (χ0v) is 8.29. The van der Waals surface area contributed by atoms with Crippen LogP contribution in [0.1, 0.15) is 19.3 Å². The molecule has 0 atom stereocenters. The maximum absolute atomic E-state index is 11.3. The summed E-state index contributed by atoms with van der Waals surface area (Å²) in [7, 11) is 0. The molecule has 5 nitrogen and oxygen atoms in total. The van der Waals surface area contributed by atoms with E-state index in [0.29, 0.717) is 13.2 Å². The Hall–Kier alpha value is -0.650. The minimum Gasteiger partial charge on any atom is -0.394 e. The van der Waals surface area contributed by atoms with Gasteiger partial charge in [0, 0.05) is 6.54 Å². The third kappa shape index (κ3) is 2.94. The van der Waals surface area contributed by atoms with Gasteiger partial charge in [0.25, 0.3) is 0 Å². The van der Waals surface area contributed by atoms with Crippen molar-refractivity contribution in [1.29, 1.82) is 0 Å². The van der Waals surface area contributed by atoms with Crippen molar-refractivity contribution in [2.75, 3.05) is 26.4 Å². The molecule has 4 N–H and O–H groups in total. The summed E-state index contributed by atoms with van der Waals surface area (Å²) in [6.07, 6.45) is 2.77. The first-order chi connectivity index (χ1) is 6.72. The summed E-state index contributed by atoms with van der Waals surface area (Å²) in [5.41, 5.74) is 4.84. The molecule has 1 fully saturated rings. The maximum Gasteiger partial charge on any atom is 0.246 e. The highest BCUT2D eigenvalue weighted by molar-refractivity contribution is 5.78. The molecule has 1 aliphatic rings. The number of hydrogen-bond donors (Lipinski definition) is 3. The quantitative estimate of drug-likeness (QED) is 0.482. The third-order valence-corrected chi connectivity index (χ3v) is 2.51. The van der Waals surface area contributed by atoms with Crippen LogP contribution >= 0.6 is 0 Å². The number of rotatable bonds is 6. The van der Waals surface area contributed by atoms with Crippen molar-refractivity contribution in [3.8, 4) is 0 Å². The Balaban J connectivity index is 2.18. The molecule has 0 saturated heterocycles. The number of aliphatic hydroxyl groups excluding tert-OH is 1. The molecular formula is C9H18N2O3. The Kier molecular flexibility index (Phi) is 4.31. The Bertz CT molecular complexity index is 187. The van der Waals surface area contributed by atoms with E-state index in [1.54, 1.807) is 0 Å². The van der Waals surface area contributed by atoms with Crippen LogP contribution in [0.4, 0.5) is 0 Å². The average Bonchev–Trinajstić information content (AvgIpc) is 2.12. The monoisotopic (exact) mass is 202 g/mol. The number of nitrogens with two attached hydrogens (primary N) is 1. The van der Waals surface area contributed by atoms with E-state index in [4.69, 9.17) is 15.6 Å². The smallest absolute Gasteiger partial charge is 0.246 e. The van der Waals surface area contributed by atoms with Crippen molar-refractivity contribution in [2.24, 2.45) is 5.73 Å². The lowest BCUT2D eigenvalue weighted by atomic mass is 9.77. The van der Waals surface area contributed by atoms with Crippen LogP contribution in [0.15, 0.2) is 0 Å². The lowest BCUT2D eigenvalue weighted by Gasteiger charge is -2.40. The summed E-state index contributed by atoms with van der Waals surface area (Å²) < 4.78 is 4.98. The molecular weight excluding hydrogens is 184 g/mol. The summed E-state index contributed by atoms with van der Waals surface area (Å²) in [5, 5.41) is 11.9. The molecule has 5 heteroatoms. The summed E-state index contributed by atoms with van der Waals surface area (Å²) in [5.74, 6) is -0.174. The Labute approximate surface area is 83.6 Å². The van der Waals surface area contributed by atoms with Crippen molar-refractivity contribution in [3.05, 3.63) is 0 Å². The number of aliphatic hydroxyl groups is 1. The zero-order valence-electron chi connectivity index (χ0n) is 8.29. The molecule has 0 bridgehead atoms. The van der Waals surface area contributed by atoms with Crippen molar-refractivity contribution in [3.63, 3.8) is 0 Å². The fourth-order valence-corrected chi connectivity index (χ4v) is 1.51. The summed E-state index contributed by atoms with van der Waals surface area (Å²) in [6, 6.07) is 0. The van der Waals surface area contributed by atoms with Gasteiger partial charge in [-0.3, -0.25) is 4.79 Å². The van der Waals surface area contributed by atoms with Gasteiger partial charge in [-0.25, -0.2) is 0 Å². The van der Waals surface area contributed by atoms with Crippen molar-refractivity contribution in [1.82, 2.24) is 5.32 Å². The summed E-state index contributed by atoms with van der Waals surface area (Å²) >= 11 is 0. The fourth-order valence-electron chi connectivity index (χ4n) is 1.51. The molecule has 0 aromatic heterocycles. The minimum absolute atomic E-state index is 0.00955. The first-order valence-electron chi connectivity index (χ1n) is 4.92. The Morgan fingerprint density at radius 2 is 2.29 bits per heavy atom. The van der Waals surface area contributed by atoms with Gasteiger partial charge in [0.15, 0.2) is 0 Å². The molecule has 0 aromatic rings. The van der Waals surface area contributed by atoms with Gasteiger partial charge < -0.3 is 20.9 Å². The van der Waals surface area contributed by atoms with Crippen molar-refractivity contribution in [2.45, 2.75) is 24.8 Å². The van der Waals surface area contributed by atoms with E-state index in [9.17, 15) is 4.79 Å². The van der Waals surface area contributed by atoms with Gasteiger partial charge in [-0.05, 0) is 19.3 Å². The van der Waals surface area contributed by atoms with Gasteiger partial charge >= 0.3 is 0 Å². The van der Waals surface area contributed by atoms with E-state index in [-0.39, 0.29) is 24.7 Å². The first-order valence-corrected chi connectivity index (χ1v) is 4.92. The van der Waals surface area contributed by atoms with Crippen molar-refractivity contribution < 1.29 is 14.6 Å². The van der Waals surface area contributed by atoms with E-state index >= 15 is 0 Å². The van der Waals surface area contributed by atoms with Crippen LogP contribution in [0.2, 0.25) is 0 Å². The average molecular weight is 202 g/mol. The molecule has 0 aromatic carbocycles. The van der Waals surface area contributed by atoms with E-state index in [1.807, 2.05) is 0 Å². The summed E-state index contributed by atoms with van der Waals surface area (Å²) in [4.78, 5) is 11.3. The Morgan fingerprint density at radius 1 is 1.57 bits per heavy atom. The number of nitrogens with one attached hydrogen (secondary N) is 1. The highest BCUT2D eigenvalue weighted by atomic mass is 16.5. The van der Waals surface area contributed by atoms with Crippen LogP contribution in [0.5, 0.6) is 0 Å². The standard InChI is InChI=1S/C9H18N2O3/c10-4-5-14-6-8(13)11-9(7-12)2-1-3-9/h12H,1-7,10H2,(H,11,13). The molecule has 0 aliphatic heterocycles. The van der Waals surface area contributed by atoms with Gasteiger partial charge in [0.05, 0.1) is 18.8 Å². The maximum atomic E-state index is 11.3. The van der Waals surface area contributed by atoms with Gasteiger partial charge in [-0.2, -0.15) is 0 Å². The topological polar surface area (TPSA) is 84.6 Å².